The first-order valence-electron chi connectivity index (χ1n) is 15.7. The van der Waals surface area contributed by atoms with Crippen LogP contribution in [-0.2, 0) is 19.1 Å². The second-order valence-electron chi connectivity index (χ2n) is 13.8. The zero-order valence-electron chi connectivity index (χ0n) is 25.9. The zero-order valence-corrected chi connectivity index (χ0v) is 26.7. The Balaban J connectivity index is 1.20. The summed E-state index contributed by atoms with van der Waals surface area (Å²) < 4.78 is 46.9. The molecule has 1 saturated heterocycles. The predicted octanol–water partition coefficient (Wildman–Crippen LogP) is 6.80. The number of rotatable bonds is 6. The molecule has 6 nitrogen and oxygen atoms in total. The summed E-state index contributed by atoms with van der Waals surface area (Å²) >= 11 is 1.62. The van der Waals surface area contributed by atoms with Crippen LogP contribution in [0, 0.1) is 28.6 Å². The lowest BCUT2D eigenvalue weighted by Gasteiger charge is -2.64. The lowest BCUT2D eigenvalue weighted by atomic mass is 9.42. The number of hydrogen-bond acceptors (Lipinski definition) is 7. The normalized spacial score (nSPS) is 41.5. The van der Waals surface area contributed by atoms with Crippen molar-refractivity contribution in [3.8, 4) is 0 Å². The van der Waals surface area contributed by atoms with E-state index in [0.29, 0.717) is 6.42 Å². The first-order chi connectivity index (χ1) is 21.4. The number of nitrogens with one attached hydrogen (secondary N) is 1. The number of fused-ring (bicyclic) bond motifs is 7. The van der Waals surface area contributed by atoms with Crippen LogP contribution in [0.2, 0.25) is 0 Å². The minimum absolute atomic E-state index is 0.0838. The number of allylic oxidation sites excluding steroid dienone is 4. The Kier molecular flexibility index (Phi) is 7.24. The van der Waals surface area contributed by atoms with Crippen LogP contribution in [0.25, 0.3) is 0 Å². The van der Waals surface area contributed by atoms with Gasteiger partial charge in [-0.15, -0.1) is 0 Å². The summed E-state index contributed by atoms with van der Waals surface area (Å²) in [5, 5.41) is 13.4. The van der Waals surface area contributed by atoms with E-state index in [-0.39, 0.29) is 24.2 Å². The number of ether oxygens (including phenoxy) is 2. The van der Waals surface area contributed by atoms with Crippen molar-refractivity contribution >= 4 is 29.0 Å². The van der Waals surface area contributed by atoms with Crippen LogP contribution in [0.5, 0.6) is 0 Å². The van der Waals surface area contributed by atoms with E-state index in [9.17, 15) is 14.7 Å². The van der Waals surface area contributed by atoms with E-state index in [0.717, 1.165) is 21.0 Å². The Labute approximate surface area is 266 Å². The predicted molar refractivity (Wildman–Crippen MR) is 167 cm³/mol. The third-order valence-electron chi connectivity index (χ3n) is 11.8. The van der Waals surface area contributed by atoms with Gasteiger partial charge in [-0.2, -0.15) is 0 Å². The van der Waals surface area contributed by atoms with Gasteiger partial charge in [0, 0.05) is 44.8 Å². The van der Waals surface area contributed by atoms with Crippen LogP contribution in [0.4, 0.5) is 14.5 Å². The van der Waals surface area contributed by atoms with Crippen molar-refractivity contribution in [2.45, 2.75) is 79.7 Å². The molecule has 0 bridgehead atoms. The number of carbonyl (C=O) groups is 2. The molecule has 0 unspecified atom stereocenters. The summed E-state index contributed by atoms with van der Waals surface area (Å²) in [5.41, 5.74) is -3.57. The van der Waals surface area contributed by atoms with Gasteiger partial charge in [0.2, 0.25) is 0 Å². The van der Waals surface area contributed by atoms with Gasteiger partial charge in [-0.05, 0) is 86.1 Å². The monoisotopic (exact) mass is 635 g/mol. The van der Waals surface area contributed by atoms with Crippen molar-refractivity contribution in [3.05, 3.63) is 77.9 Å². The smallest absolute Gasteiger partial charge is 0.193 e. The molecule has 1 heterocycles. The summed E-state index contributed by atoms with van der Waals surface area (Å²) in [4.78, 5) is 28.1. The van der Waals surface area contributed by atoms with E-state index in [1.54, 1.807) is 24.8 Å². The molecule has 0 radical (unpaired) electrons. The van der Waals surface area contributed by atoms with E-state index < -0.39 is 70.8 Å². The first-order valence-corrected chi connectivity index (χ1v) is 16.5. The van der Waals surface area contributed by atoms with Crippen LogP contribution in [0.15, 0.2) is 82.1 Å². The van der Waals surface area contributed by atoms with Gasteiger partial charge in [0.1, 0.15) is 18.4 Å². The van der Waals surface area contributed by atoms with Crippen molar-refractivity contribution in [1.29, 1.82) is 0 Å². The summed E-state index contributed by atoms with van der Waals surface area (Å²) in [6.07, 6.45) is 1.62. The highest BCUT2D eigenvalue weighted by molar-refractivity contribution is 7.99. The van der Waals surface area contributed by atoms with Crippen molar-refractivity contribution in [2.75, 3.05) is 19.0 Å². The molecule has 2 aromatic rings. The molecule has 3 saturated carbocycles. The molecule has 0 spiro atoms. The summed E-state index contributed by atoms with van der Waals surface area (Å²) in [7, 11) is 1.88. The molecule has 10 atom stereocenters. The number of hydrogen-bond donors (Lipinski definition) is 2. The molecule has 2 aromatic carbocycles. The number of aliphatic hydroxyl groups excluding tert-OH is 1. The molecular formula is C36H39F2NO5S. The average Bonchev–Trinajstić information content (AvgIpc) is 3.53. The minimum Gasteiger partial charge on any atom is -0.388 e. The van der Waals surface area contributed by atoms with E-state index in [4.69, 9.17) is 9.47 Å². The molecule has 238 valence electrons. The highest BCUT2D eigenvalue weighted by Gasteiger charge is 2.79. The maximum Gasteiger partial charge on any atom is 0.193 e. The first kappa shape index (κ1) is 30.8. The van der Waals surface area contributed by atoms with E-state index in [2.05, 4.69) is 11.4 Å². The molecule has 7 rings (SSSR count). The second kappa shape index (κ2) is 10.6. The molecule has 0 amide bonds. The quantitative estimate of drug-likeness (QED) is 0.361. The molecule has 1 aliphatic heterocycles. The Morgan fingerprint density at radius 2 is 1.87 bits per heavy atom. The van der Waals surface area contributed by atoms with Crippen molar-refractivity contribution in [2.24, 2.45) is 28.6 Å². The van der Waals surface area contributed by atoms with Crippen LogP contribution in [-0.4, -0.2) is 53.9 Å². The fourth-order valence-electron chi connectivity index (χ4n) is 9.78. The minimum atomic E-state index is -1.84. The van der Waals surface area contributed by atoms with Gasteiger partial charge in [0.15, 0.2) is 23.5 Å². The molecule has 0 aromatic heterocycles. The standard InChI is InChI=1S/C36H39F2NO5S/c1-20-18-34(3)26(27-16-29(37)28-15-23(41)12-13-33(28,2)35(20,27)38)17-31-36(34,30(42)19-40)44-32(43-31)21-8-10-24(11-9-21)45-25-7-5-6-22(14-25)39-4/h5-15,20,26-27,29,31-32,39-40H,16-19H2,1-4H3/t20-,26-,27-,29-,31+,32-,33-,34-,35+,36+/m0/s1. The number of anilines is 1. The lowest BCUT2D eigenvalue weighted by Crippen LogP contribution is -2.68. The summed E-state index contributed by atoms with van der Waals surface area (Å²) in [6, 6.07) is 15.9. The lowest BCUT2D eigenvalue weighted by molar-refractivity contribution is -0.218. The number of ketones is 2. The number of Topliss-reactive ketones (excluding diaryl/α,β-unsaturated/α-hetero) is 1. The molecule has 9 heteroatoms. The SMILES string of the molecule is CNc1cccc(Sc2ccc([C@H]3O[C@@H]4C[C@H]5[C@@H]6C[C@H](F)C7=CC(=O)C=C[C@]7(C)[C@@]6(F)[C@@H](C)C[C@]5(C)[C@]4(C(=O)CO)O3)cc2)c1. The average molecular weight is 636 g/mol. The summed E-state index contributed by atoms with van der Waals surface area (Å²) in [6.45, 7) is 4.72. The highest BCUT2D eigenvalue weighted by atomic mass is 32.2. The van der Waals surface area contributed by atoms with Gasteiger partial charge in [-0.3, -0.25) is 9.59 Å². The third-order valence-corrected chi connectivity index (χ3v) is 12.8. The Bertz CT molecular complexity index is 1610. The van der Waals surface area contributed by atoms with Gasteiger partial charge in [-0.25, -0.2) is 8.78 Å². The molecule has 4 aliphatic carbocycles. The molecule has 4 fully saturated rings. The van der Waals surface area contributed by atoms with Crippen molar-refractivity contribution in [1.82, 2.24) is 0 Å². The largest absolute Gasteiger partial charge is 0.388 e. The van der Waals surface area contributed by atoms with Gasteiger partial charge < -0.3 is 19.9 Å². The number of benzene rings is 2. The van der Waals surface area contributed by atoms with Crippen LogP contribution in [0.3, 0.4) is 0 Å². The van der Waals surface area contributed by atoms with Crippen LogP contribution < -0.4 is 5.32 Å². The number of carbonyl (C=O) groups excluding carboxylic acids is 2. The van der Waals surface area contributed by atoms with E-state index >= 15 is 8.78 Å². The van der Waals surface area contributed by atoms with E-state index in [1.807, 2.05) is 63.4 Å². The fraction of sp³-hybridized carbons (Fsp3) is 0.500. The Morgan fingerprint density at radius 3 is 2.58 bits per heavy atom. The molecule has 45 heavy (non-hydrogen) atoms. The molecular weight excluding hydrogens is 596 g/mol. The van der Waals surface area contributed by atoms with Gasteiger partial charge >= 0.3 is 0 Å². The van der Waals surface area contributed by atoms with Gasteiger partial charge in [0.25, 0.3) is 0 Å². The van der Waals surface area contributed by atoms with Crippen molar-refractivity contribution in [3.63, 3.8) is 0 Å². The fourth-order valence-corrected chi connectivity index (χ4v) is 10.7. The third kappa shape index (κ3) is 4.16. The molecule has 2 N–H and O–H groups in total. The second-order valence-corrected chi connectivity index (χ2v) is 15.0. The molecule has 5 aliphatic rings. The van der Waals surface area contributed by atoms with Crippen LogP contribution in [0.1, 0.15) is 51.9 Å². The number of halogens is 2. The maximum absolute atomic E-state index is 17.8. The number of alkyl halides is 2. The zero-order chi connectivity index (χ0) is 31.9. The maximum atomic E-state index is 17.8. The Hall–Kier alpha value is -2.85. The van der Waals surface area contributed by atoms with E-state index in [1.165, 1.54) is 12.2 Å². The Morgan fingerprint density at radius 1 is 1.11 bits per heavy atom. The van der Waals surface area contributed by atoms with Gasteiger partial charge in [0.05, 0.1) is 6.10 Å². The van der Waals surface area contributed by atoms with Crippen LogP contribution >= 0.6 is 11.8 Å². The number of aliphatic hydroxyl groups is 1. The van der Waals surface area contributed by atoms with Gasteiger partial charge in [-0.1, -0.05) is 49.9 Å². The summed E-state index contributed by atoms with van der Waals surface area (Å²) in [5.74, 6) is -2.58. The topological polar surface area (TPSA) is 84.9 Å². The highest BCUT2D eigenvalue weighted by Crippen LogP contribution is 2.74. The van der Waals surface area contributed by atoms with Crippen molar-refractivity contribution < 1.29 is 33.0 Å².